The van der Waals surface area contributed by atoms with Gasteiger partial charge in [0, 0.05) is 44.4 Å². The van der Waals surface area contributed by atoms with Gasteiger partial charge >= 0.3 is 0 Å². The number of nitrogens with zero attached hydrogens (tertiary/aromatic N) is 1. The normalized spacial score (nSPS) is 18.3. The Hall–Kier alpha value is -1.30. The van der Waals surface area contributed by atoms with Crippen molar-refractivity contribution in [3.63, 3.8) is 0 Å². The van der Waals surface area contributed by atoms with Gasteiger partial charge in [-0.15, -0.1) is 23.1 Å². The lowest BCUT2D eigenvalue weighted by molar-refractivity contribution is 0.210. The van der Waals surface area contributed by atoms with Gasteiger partial charge in [0.15, 0.2) is 0 Å². The number of aromatic nitrogens is 1. The van der Waals surface area contributed by atoms with E-state index in [1.807, 2.05) is 42.5 Å². The lowest BCUT2D eigenvalue weighted by atomic mass is 9.86. The van der Waals surface area contributed by atoms with Gasteiger partial charge < -0.3 is 5.11 Å². The second kappa shape index (κ2) is 7.75. The molecule has 1 aliphatic heterocycles. The molecular weight excluding hydrogens is 405 g/mol. The number of hydrogen-bond donors (Lipinski definition) is 1. The fraction of sp³-hybridized carbons (Fsp3) is 0.150. The van der Waals surface area contributed by atoms with Crippen LogP contribution in [0.1, 0.15) is 28.0 Å². The van der Waals surface area contributed by atoms with Crippen LogP contribution in [0.25, 0.3) is 4.91 Å². The smallest absolute Gasteiger partial charge is 0.104 e. The highest BCUT2D eigenvalue weighted by Crippen LogP contribution is 2.52. The zero-order chi connectivity index (χ0) is 18.1. The monoisotopic (exact) mass is 419 g/mol. The van der Waals surface area contributed by atoms with Gasteiger partial charge in [-0.2, -0.15) is 0 Å². The standard InChI is InChI=1S/C20H15Cl2NOS2/c21-14-5-1-3-12(9-14)15-11-25-20(16-6-7-17(22)26-16)18(15)19(24)13-4-2-8-23-10-13/h1-10,15,19,24H,11H2. The molecule has 26 heavy (non-hydrogen) atoms. The summed E-state index contributed by atoms with van der Waals surface area (Å²) in [7, 11) is 0. The zero-order valence-corrected chi connectivity index (χ0v) is 16.7. The predicted octanol–water partition coefficient (Wildman–Crippen LogP) is 6.43. The fourth-order valence-electron chi connectivity index (χ4n) is 3.18. The minimum absolute atomic E-state index is 0.0878. The molecule has 0 radical (unpaired) electrons. The summed E-state index contributed by atoms with van der Waals surface area (Å²) in [5.74, 6) is 0.947. The Morgan fingerprint density at radius 3 is 2.69 bits per heavy atom. The van der Waals surface area contributed by atoms with Crippen molar-refractivity contribution >= 4 is 51.2 Å². The van der Waals surface area contributed by atoms with Gasteiger partial charge in [0.25, 0.3) is 0 Å². The van der Waals surface area contributed by atoms with E-state index in [-0.39, 0.29) is 5.92 Å². The molecule has 132 valence electrons. The van der Waals surface area contributed by atoms with Gasteiger partial charge in [-0.25, -0.2) is 0 Å². The first kappa shape index (κ1) is 18.1. The Balaban J connectivity index is 1.84. The number of pyridine rings is 1. The third kappa shape index (κ3) is 3.57. The van der Waals surface area contributed by atoms with Crippen LogP contribution in [0.3, 0.4) is 0 Å². The summed E-state index contributed by atoms with van der Waals surface area (Å²) >= 11 is 15.7. The summed E-state index contributed by atoms with van der Waals surface area (Å²) in [5.41, 5.74) is 2.89. The van der Waals surface area contributed by atoms with E-state index in [0.717, 1.165) is 36.6 Å². The maximum absolute atomic E-state index is 11.2. The van der Waals surface area contributed by atoms with Crippen LogP contribution in [0.15, 0.2) is 66.5 Å². The second-order valence-corrected chi connectivity index (χ2v) is 9.18. The molecule has 0 saturated carbocycles. The van der Waals surface area contributed by atoms with Crippen molar-refractivity contribution in [1.82, 2.24) is 4.98 Å². The van der Waals surface area contributed by atoms with Crippen LogP contribution in [0.5, 0.6) is 0 Å². The van der Waals surface area contributed by atoms with E-state index in [9.17, 15) is 5.11 Å². The molecule has 2 unspecified atom stereocenters. The maximum atomic E-state index is 11.2. The average molecular weight is 420 g/mol. The minimum atomic E-state index is -0.724. The summed E-state index contributed by atoms with van der Waals surface area (Å²) < 4.78 is 0.745. The van der Waals surface area contributed by atoms with Crippen LogP contribution >= 0.6 is 46.3 Å². The molecule has 2 aromatic heterocycles. The largest absolute Gasteiger partial charge is 0.384 e. The molecule has 1 N–H and O–H groups in total. The maximum Gasteiger partial charge on any atom is 0.104 e. The first-order valence-electron chi connectivity index (χ1n) is 8.09. The number of hydrogen-bond acceptors (Lipinski definition) is 4. The summed E-state index contributed by atoms with van der Waals surface area (Å²) in [6.45, 7) is 0. The van der Waals surface area contributed by atoms with E-state index in [1.54, 1.807) is 24.2 Å². The number of rotatable bonds is 4. The summed E-state index contributed by atoms with van der Waals surface area (Å²) in [5, 5.41) is 11.9. The Labute approximate surface area is 170 Å². The van der Waals surface area contributed by atoms with Crippen LogP contribution in [-0.2, 0) is 0 Å². The second-order valence-electron chi connectivity index (χ2n) is 6.00. The van der Waals surface area contributed by atoms with Gasteiger partial charge in [-0.05, 0) is 41.5 Å². The first-order chi connectivity index (χ1) is 12.6. The highest BCUT2D eigenvalue weighted by molar-refractivity contribution is 8.08. The van der Waals surface area contributed by atoms with Crippen molar-refractivity contribution in [2.75, 3.05) is 5.75 Å². The molecule has 2 atom stereocenters. The van der Waals surface area contributed by atoms with Crippen molar-refractivity contribution < 1.29 is 5.11 Å². The van der Waals surface area contributed by atoms with Crippen LogP contribution in [-0.4, -0.2) is 15.8 Å². The third-order valence-corrected chi connectivity index (χ3v) is 7.23. The van der Waals surface area contributed by atoms with E-state index in [4.69, 9.17) is 23.2 Å². The van der Waals surface area contributed by atoms with Crippen molar-refractivity contribution in [2.24, 2.45) is 0 Å². The van der Waals surface area contributed by atoms with Crippen LogP contribution in [0.4, 0.5) is 0 Å². The van der Waals surface area contributed by atoms with Gasteiger partial charge in [0.05, 0.1) is 4.34 Å². The Morgan fingerprint density at radius 2 is 2.00 bits per heavy atom. The SMILES string of the molecule is OC(C1=C(c2ccc(Cl)s2)SCC1c1cccc(Cl)c1)c1cccnc1. The quantitative estimate of drug-likeness (QED) is 0.528. The molecule has 0 saturated heterocycles. The van der Waals surface area contributed by atoms with E-state index in [1.165, 1.54) is 11.3 Å². The number of aliphatic hydroxyl groups is 1. The molecule has 3 heterocycles. The van der Waals surface area contributed by atoms with Crippen molar-refractivity contribution in [3.8, 4) is 0 Å². The van der Waals surface area contributed by atoms with Crippen molar-refractivity contribution in [3.05, 3.63) is 91.9 Å². The molecule has 0 spiro atoms. The number of thioether (sulfide) groups is 1. The third-order valence-electron chi connectivity index (χ3n) is 4.37. The Bertz CT molecular complexity index is 955. The Kier molecular flexibility index (Phi) is 5.39. The number of aliphatic hydroxyl groups excluding tert-OH is 1. The molecule has 2 nitrogen and oxygen atoms in total. The van der Waals surface area contributed by atoms with Crippen LogP contribution in [0, 0.1) is 0 Å². The number of benzene rings is 1. The van der Waals surface area contributed by atoms with Crippen molar-refractivity contribution in [2.45, 2.75) is 12.0 Å². The van der Waals surface area contributed by atoms with E-state index < -0.39 is 6.10 Å². The van der Waals surface area contributed by atoms with E-state index in [0.29, 0.717) is 5.02 Å². The molecule has 1 aromatic carbocycles. The molecule has 0 amide bonds. The minimum Gasteiger partial charge on any atom is -0.384 e. The fourth-order valence-corrected chi connectivity index (χ4v) is 6.02. The molecule has 0 fully saturated rings. The van der Waals surface area contributed by atoms with Crippen molar-refractivity contribution in [1.29, 1.82) is 0 Å². The van der Waals surface area contributed by atoms with Crippen LogP contribution in [0.2, 0.25) is 9.36 Å². The van der Waals surface area contributed by atoms with E-state index in [2.05, 4.69) is 11.1 Å². The summed E-state index contributed by atoms with van der Waals surface area (Å²) in [4.78, 5) is 6.35. The van der Waals surface area contributed by atoms with Gasteiger partial charge in [0.1, 0.15) is 6.10 Å². The lowest BCUT2D eigenvalue weighted by Gasteiger charge is -2.21. The van der Waals surface area contributed by atoms with Gasteiger partial charge in [0.2, 0.25) is 0 Å². The predicted molar refractivity (Wildman–Crippen MR) is 112 cm³/mol. The van der Waals surface area contributed by atoms with E-state index >= 15 is 0 Å². The number of thiophene rings is 1. The topological polar surface area (TPSA) is 33.1 Å². The molecule has 4 rings (SSSR count). The lowest BCUT2D eigenvalue weighted by Crippen LogP contribution is -2.10. The average Bonchev–Trinajstić information content (AvgIpc) is 3.28. The highest BCUT2D eigenvalue weighted by Gasteiger charge is 2.34. The molecule has 3 aromatic rings. The zero-order valence-electron chi connectivity index (χ0n) is 13.6. The first-order valence-corrected chi connectivity index (χ1v) is 10.7. The summed E-state index contributed by atoms with van der Waals surface area (Å²) in [6, 6.07) is 15.5. The molecular formula is C20H15Cl2NOS2. The Morgan fingerprint density at radius 1 is 1.12 bits per heavy atom. The molecule has 0 bridgehead atoms. The van der Waals surface area contributed by atoms with Crippen LogP contribution < -0.4 is 0 Å². The van der Waals surface area contributed by atoms with Gasteiger partial charge in [-0.1, -0.05) is 41.4 Å². The number of halogens is 2. The highest BCUT2D eigenvalue weighted by atomic mass is 35.5. The molecule has 6 heteroatoms. The molecule has 0 aliphatic carbocycles. The molecule has 1 aliphatic rings. The summed E-state index contributed by atoms with van der Waals surface area (Å²) in [6.07, 6.45) is 2.70. The van der Waals surface area contributed by atoms with Gasteiger partial charge in [-0.3, -0.25) is 4.98 Å².